The van der Waals surface area contributed by atoms with Crippen molar-refractivity contribution in [3.63, 3.8) is 0 Å². The van der Waals surface area contributed by atoms with Gasteiger partial charge in [-0.25, -0.2) is 14.6 Å². The van der Waals surface area contributed by atoms with Crippen molar-refractivity contribution >= 4 is 23.3 Å². The Balaban J connectivity index is 1.83. The summed E-state index contributed by atoms with van der Waals surface area (Å²) in [7, 11) is 0. The van der Waals surface area contributed by atoms with E-state index in [-0.39, 0.29) is 24.3 Å². The molecule has 2 rings (SSSR count). The third kappa shape index (κ3) is 4.25. The second-order valence-corrected chi connectivity index (χ2v) is 5.21. The summed E-state index contributed by atoms with van der Waals surface area (Å²) in [5, 5.41) is 16.1. The number of nitrogens with one attached hydrogen (secondary N) is 2. The molecule has 1 atom stereocenters. The molecule has 2 amide bonds. The molecule has 0 bridgehead atoms. The molecule has 0 saturated heterocycles. The summed E-state index contributed by atoms with van der Waals surface area (Å²) in [5.41, 5.74) is 0.885. The minimum atomic E-state index is -1.08. The van der Waals surface area contributed by atoms with Gasteiger partial charge in [-0.05, 0) is 18.6 Å². The largest absolute Gasteiger partial charge is 0.476 e. The van der Waals surface area contributed by atoms with Crippen LogP contribution in [-0.4, -0.2) is 27.1 Å². The topological polar surface area (TPSA) is 104 Å². The molecule has 0 aliphatic rings. The van der Waals surface area contributed by atoms with Gasteiger partial charge in [0.25, 0.3) is 0 Å². The Hall–Kier alpha value is -2.48. The maximum absolute atomic E-state index is 11.8. The van der Waals surface area contributed by atoms with Gasteiger partial charge in [0.15, 0.2) is 5.69 Å². The molecule has 0 fully saturated rings. The minimum absolute atomic E-state index is 0.0130. The number of hydrogen-bond donors (Lipinski definition) is 3. The Kier molecular flexibility index (Phi) is 4.83. The Bertz CT molecular complexity index is 629. The van der Waals surface area contributed by atoms with Gasteiger partial charge in [0.2, 0.25) is 0 Å². The van der Waals surface area contributed by atoms with Crippen LogP contribution in [0.4, 0.5) is 4.79 Å². The van der Waals surface area contributed by atoms with Gasteiger partial charge in [0.05, 0.1) is 12.6 Å². The number of hydrogen-bond acceptors (Lipinski definition) is 5. The van der Waals surface area contributed by atoms with Crippen LogP contribution < -0.4 is 10.6 Å². The van der Waals surface area contributed by atoms with E-state index < -0.39 is 5.97 Å². The number of carbonyl (C=O) groups is 2. The molecule has 3 N–H and O–H groups in total. The number of rotatable bonds is 5. The number of carboxylic acids is 1. The molecule has 0 aliphatic carbocycles. The van der Waals surface area contributed by atoms with E-state index >= 15 is 0 Å². The fourth-order valence-electron chi connectivity index (χ4n) is 1.61. The van der Waals surface area contributed by atoms with Crippen LogP contribution in [0, 0.1) is 0 Å². The zero-order chi connectivity index (χ0) is 15.2. The summed E-state index contributed by atoms with van der Waals surface area (Å²) < 4.78 is 0. The number of carboxylic acid groups (broad SMARTS) is 1. The van der Waals surface area contributed by atoms with Crippen LogP contribution in [0.2, 0.25) is 0 Å². The van der Waals surface area contributed by atoms with Crippen LogP contribution >= 0.6 is 11.3 Å². The van der Waals surface area contributed by atoms with Crippen LogP contribution in [-0.2, 0) is 6.54 Å². The molecule has 0 spiro atoms. The average molecular weight is 306 g/mol. The first-order valence-electron chi connectivity index (χ1n) is 6.18. The molecule has 110 valence electrons. The number of carbonyl (C=O) groups excluding carboxylic acids is 1. The molecule has 7 nitrogen and oxygen atoms in total. The summed E-state index contributed by atoms with van der Waals surface area (Å²) >= 11 is 1.19. The third-order valence-electron chi connectivity index (χ3n) is 2.70. The van der Waals surface area contributed by atoms with E-state index in [9.17, 15) is 9.59 Å². The smallest absolute Gasteiger partial charge is 0.355 e. The normalized spacial score (nSPS) is 11.7. The van der Waals surface area contributed by atoms with Gasteiger partial charge < -0.3 is 15.7 Å². The first kappa shape index (κ1) is 14.9. The number of aromatic nitrogens is 2. The van der Waals surface area contributed by atoms with Gasteiger partial charge in [0.1, 0.15) is 5.01 Å². The maximum atomic E-state index is 11.8. The molecule has 8 heteroatoms. The summed E-state index contributed by atoms with van der Waals surface area (Å²) in [6.07, 6.45) is 3.35. The number of amides is 2. The Morgan fingerprint density at radius 3 is 2.90 bits per heavy atom. The SMILES string of the molecule is CC(NC(=O)NCc1nc(C(=O)O)cs1)c1cccnc1. The fourth-order valence-corrected chi connectivity index (χ4v) is 2.32. The van der Waals surface area contributed by atoms with E-state index in [2.05, 4.69) is 20.6 Å². The highest BCUT2D eigenvalue weighted by Crippen LogP contribution is 2.11. The van der Waals surface area contributed by atoms with E-state index in [4.69, 9.17) is 5.11 Å². The van der Waals surface area contributed by atoms with Crippen molar-refractivity contribution in [3.05, 3.63) is 46.2 Å². The number of nitrogens with zero attached hydrogens (tertiary/aromatic N) is 2. The second-order valence-electron chi connectivity index (χ2n) is 4.27. The quantitative estimate of drug-likeness (QED) is 0.781. The highest BCUT2D eigenvalue weighted by molar-refractivity contribution is 7.09. The zero-order valence-corrected chi connectivity index (χ0v) is 12.1. The molecule has 1 unspecified atom stereocenters. The molecular weight excluding hydrogens is 292 g/mol. The van der Waals surface area contributed by atoms with Gasteiger partial charge in [-0.2, -0.15) is 0 Å². The van der Waals surface area contributed by atoms with Crippen molar-refractivity contribution in [1.29, 1.82) is 0 Å². The predicted octanol–water partition coefficient (Wildman–Crippen LogP) is 1.80. The molecule has 0 radical (unpaired) electrons. The standard InChI is InChI=1S/C13H14N4O3S/c1-8(9-3-2-4-14-5-9)16-13(20)15-6-11-17-10(7-21-11)12(18)19/h2-5,7-8H,6H2,1H3,(H,18,19)(H2,15,16,20). The van der Waals surface area contributed by atoms with E-state index in [1.54, 1.807) is 18.5 Å². The van der Waals surface area contributed by atoms with Gasteiger partial charge in [-0.15, -0.1) is 11.3 Å². The van der Waals surface area contributed by atoms with Gasteiger partial charge in [0, 0.05) is 17.8 Å². The lowest BCUT2D eigenvalue weighted by molar-refractivity contribution is 0.0691. The Labute approximate surface area is 125 Å². The van der Waals surface area contributed by atoms with Crippen molar-refractivity contribution in [3.8, 4) is 0 Å². The summed E-state index contributed by atoms with van der Waals surface area (Å²) in [6, 6.07) is 3.15. The molecule has 0 aliphatic heterocycles. The first-order chi connectivity index (χ1) is 10.1. The molecule has 0 saturated carbocycles. The van der Waals surface area contributed by atoms with E-state index in [1.165, 1.54) is 16.7 Å². The van der Waals surface area contributed by atoms with Crippen molar-refractivity contribution in [2.45, 2.75) is 19.5 Å². The van der Waals surface area contributed by atoms with Crippen molar-refractivity contribution in [1.82, 2.24) is 20.6 Å². The lowest BCUT2D eigenvalue weighted by Crippen LogP contribution is -2.36. The highest BCUT2D eigenvalue weighted by Gasteiger charge is 2.11. The number of thiazole rings is 1. The fraction of sp³-hybridized carbons (Fsp3) is 0.231. The van der Waals surface area contributed by atoms with Crippen molar-refractivity contribution in [2.24, 2.45) is 0 Å². The first-order valence-corrected chi connectivity index (χ1v) is 7.06. The van der Waals surface area contributed by atoms with E-state index in [0.29, 0.717) is 5.01 Å². The van der Waals surface area contributed by atoms with Crippen molar-refractivity contribution < 1.29 is 14.7 Å². The lowest BCUT2D eigenvalue weighted by atomic mass is 10.1. The van der Waals surface area contributed by atoms with E-state index in [0.717, 1.165) is 5.56 Å². The third-order valence-corrected chi connectivity index (χ3v) is 3.55. The zero-order valence-electron chi connectivity index (χ0n) is 11.2. The molecule has 2 aromatic rings. The molecule has 21 heavy (non-hydrogen) atoms. The van der Waals surface area contributed by atoms with Crippen LogP contribution in [0.25, 0.3) is 0 Å². The maximum Gasteiger partial charge on any atom is 0.355 e. The Morgan fingerprint density at radius 1 is 1.48 bits per heavy atom. The number of pyridine rings is 1. The van der Waals surface area contributed by atoms with Gasteiger partial charge >= 0.3 is 12.0 Å². The van der Waals surface area contributed by atoms with E-state index in [1.807, 2.05) is 13.0 Å². The lowest BCUT2D eigenvalue weighted by Gasteiger charge is -2.14. The summed E-state index contributed by atoms with van der Waals surface area (Å²) in [5.74, 6) is -1.08. The predicted molar refractivity (Wildman–Crippen MR) is 77.1 cm³/mol. The minimum Gasteiger partial charge on any atom is -0.476 e. The molecular formula is C13H14N4O3S. The van der Waals surface area contributed by atoms with Gasteiger partial charge in [-0.1, -0.05) is 6.07 Å². The Morgan fingerprint density at radius 2 is 2.29 bits per heavy atom. The highest BCUT2D eigenvalue weighted by atomic mass is 32.1. The molecule has 2 heterocycles. The monoisotopic (exact) mass is 306 g/mol. The number of aromatic carboxylic acids is 1. The van der Waals surface area contributed by atoms with Crippen LogP contribution in [0.15, 0.2) is 29.9 Å². The summed E-state index contributed by atoms with van der Waals surface area (Å²) in [6.45, 7) is 2.03. The van der Waals surface area contributed by atoms with Crippen molar-refractivity contribution in [2.75, 3.05) is 0 Å². The second kappa shape index (κ2) is 6.80. The number of urea groups is 1. The van der Waals surface area contributed by atoms with Crippen LogP contribution in [0.3, 0.4) is 0 Å². The molecule has 2 aromatic heterocycles. The van der Waals surface area contributed by atoms with Crippen LogP contribution in [0.5, 0.6) is 0 Å². The molecule has 0 aromatic carbocycles. The van der Waals surface area contributed by atoms with Crippen LogP contribution in [0.1, 0.15) is 34.0 Å². The summed E-state index contributed by atoms with van der Waals surface area (Å²) in [4.78, 5) is 30.3. The van der Waals surface area contributed by atoms with Gasteiger partial charge in [-0.3, -0.25) is 4.98 Å². The average Bonchev–Trinajstić information content (AvgIpc) is 2.95.